The monoisotopic (exact) mass is 347 g/mol. The zero-order valence-corrected chi connectivity index (χ0v) is 13.8. The van der Waals surface area contributed by atoms with Gasteiger partial charge in [0.2, 0.25) is 0 Å². The van der Waals surface area contributed by atoms with Crippen LogP contribution in [-0.2, 0) is 42.9 Å². The number of carbonyl (C=O) groups excluding carboxylic acids is 4. The SMILES string of the molecule is CC(=O)OC(N)C1OCC(OC(C)=O)C(OC(C)=O)C1OC(C)=O. The summed E-state index contributed by atoms with van der Waals surface area (Å²) in [5.41, 5.74) is 5.75. The number of carbonyl (C=O) groups is 4. The quantitative estimate of drug-likeness (QED) is 0.375. The van der Waals surface area contributed by atoms with Gasteiger partial charge in [0.25, 0.3) is 0 Å². The Bertz CT molecular complexity index is 506. The lowest BCUT2D eigenvalue weighted by Gasteiger charge is -2.41. The summed E-state index contributed by atoms with van der Waals surface area (Å²) >= 11 is 0. The van der Waals surface area contributed by atoms with E-state index in [1.54, 1.807) is 0 Å². The maximum atomic E-state index is 11.4. The lowest BCUT2D eigenvalue weighted by molar-refractivity contribution is -0.240. The topological polar surface area (TPSA) is 140 Å². The van der Waals surface area contributed by atoms with Crippen LogP contribution in [0.5, 0.6) is 0 Å². The van der Waals surface area contributed by atoms with Gasteiger partial charge in [-0.05, 0) is 0 Å². The number of rotatable bonds is 5. The molecule has 5 unspecified atom stereocenters. The second-order valence-corrected chi connectivity index (χ2v) is 5.17. The van der Waals surface area contributed by atoms with Gasteiger partial charge in [-0.3, -0.25) is 24.9 Å². The lowest BCUT2D eigenvalue weighted by Crippen LogP contribution is -2.62. The van der Waals surface area contributed by atoms with Crippen LogP contribution >= 0.6 is 0 Å². The second kappa shape index (κ2) is 8.60. The van der Waals surface area contributed by atoms with Gasteiger partial charge in [0, 0.05) is 27.7 Å². The number of ether oxygens (including phenoxy) is 5. The molecule has 0 aromatic carbocycles. The summed E-state index contributed by atoms with van der Waals surface area (Å²) in [5, 5.41) is 0. The highest BCUT2D eigenvalue weighted by Crippen LogP contribution is 2.26. The van der Waals surface area contributed by atoms with Gasteiger partial charge in [0.05, 0.1) is 6.61 Å². The second-order valence-electron chi connectivity index (χ2n) is 5.17. The van der Waals surface area contributed by atoms with Crippen LogP contribution in [0.1, 0.15) is 27.7 Å². The predicted octanol–water partition coefficient (Wildman–Crippen LogP) is -0.972. The van der Waals surface area contributed by atoms with Crippen LogP contribution in [-0.4, -0.2) is 61.1 Å². The van der Waals surface area contributed by atoms with E-state index in [1.165, 1.54) is 6.92 Å². The summed E-state index contributed by atoms with van der Waals surface area (Å²) in [6.07, 6.45) is -5.76. The molecule has 1 aliphatic heterocycles. The summed E-state index contributed by atoms with van der Waals surface area (Å²) in [6.45, 7) is 4.41. The van der Waals surface area contributed by atoms with E-state index in [2.05, 4.69) is 0 Å². The summed E-state index contributed by atoms with van der Waals surface area (Å²) < 4.78 is 25.6. The molecule has 0 amide bonds. The Kier molecular flexibility index (Phi) is 7.11. The molecule has 5 atom stereocenters. The first-order valence-electron chi connectivity index (χ1n) is 7.18. The Morgan fingerprint density at radius 1 is 0.875 bits per heavy atom. The molecule has 1 aliphatic rings. The average molecular weight is 347 g/mol. The third-order valence-electron chi connectivity index (χ3n) is 3.01. The summed E-state index contributed by atoms with van der Waals surface area (Å²) in [7, 11) is 0. The summed E-state index contributed by atoms with van der Waals surface area (Å²) in [5.74, 6) is -2.69. The molecule has 0 bridgehead atoms. The third-order valence-corrected chi connectivity index (χ3v) is 3.01. The van der Waals surface area contributed by atoms with E-state index in [4.69, 9.17) is 29.4 Å². The average Bonchev–Trinajstić information content (AvgIpc) is 2.39. The van der Waals surface area contributed by atoms with Gasteiger partial charge in [-0.1, -0.05) is 0 Å². The molecule has 10 heteroatoms. The van der Waals surface area contributed by atoms with Crippen LogP contribution in [0.3, 0.4) is 0 Å². The summed E-state index contributed by atoms with van der Waals surface area (Å²) in [4.78, 5) is 45.0. The Labute approximate surface area is 138 Å². The van der Waals surface area contributed by atoms with Crippen molar-refractivity contribution in [3.05, 3.63) is 0 Å². The van der Waals surface area contributed by atoms with Crippen LogP contribution in [0.4, 0.5) is 0 Å². The van der Waals surface area contributed by atoms with E-state index >= 15 is 0 Å². The van der Waals surface area contributed by atoms with Crippen molar-refractivity contribution in [1.29, 1.82) is 0 Å². The minimum absolute atomic E-state index is 0.186. The lowest BCUT2D eigenvalue weighted by atomic mass is 9.98. The number of hydrogen-bond donors (Lipinski definition) is 1. The van der Waals surface area contributed by atoms with Gasteiger partial charge >= 0.3 is 23.9 Å². The molecule has 1 saturated heterocycles. The molecule has 2 N–H and O–H groups in total. The van der Waals surface area contributed by atoms with Crippen molar-refractivity contribution < 1.29 is 42.9 Å². The maximum absolute atomic E-state index is 11.4. The normalized spacial score (nSPS) is 27.5. The minimum atomic E-state index is -1.27. The van der Waals surface area contributed by atoms with Gasteiger partial charge in [0.1, 0.15) is 6.10 Å². The molecular weight excluding hydrogens is 326 g/mol. The highest BCUT2D eigenvalue weighted by molar-refractivity contribution is 5.68. The highest BCUT2D eigenvalue weighted by atomic mass is 16.7. The van der Waals surface area contributed by atoms with Crippen molar-refractivity contribution in [2.24, 2.45) is 5.73 Å². The van der Waals surface area contributed by atoms with Crippen LogP contribution in [0.2, 0.25) is 0 Å². The number of hydrogen-bond acceptors (Lipinski definition) is 10. The van der Waals surface area contributed by atoms with Gasteiger partial charge in [0.15, 0.2) is 24.5 Å². The number of esters is 4. The molecule has 1 heterocycles. The van der Waals surface area contributed by atoms with Crippen LogP contribution < -0.4 is 5.73 Å². The van der Waals surface area contributed by atoms with Crippen molar-refractivity contribution >= 4 is 23.9 Å². The molecule has 1 fully saturated rings. The maximum Gasteiger partial charge on any atom is 0.304 e. The van der Waals surface area contributed by atoms with E-state index < -0.39 is 54.5 Å². The number of nitrogens with two attached hydrogens (primary N) is 1. The molecule has 0 radical (unpaired) electrons. The Morgan fingerprint density at radius 3 is 1.83 bits per heavy atom. The van der Waals surface area contributed by atoms with Gasteiger partial charge < -0.3 is 23.7 Å². The van der Waals surface area contributed by atoms with Crippen molar-refractivity contribution in [2.75, 3.05) is 6.61 Å². The van der Waals surface area contributed by atoms with Gasteiger partial charge in [-0.2, -0.15) is 0 Å². The van der Waals surface area contributed by atoms with E-state index in [0.29, 0.717) is 0 Å². The standard InChI is InChI=1S/C14H21NO9/c1-6(16)21-10-5-20-13(14(15)24-9(4)19)12(23-8(3)18)11(10)22-7(2)17/h10-14H,5,15H2,1-4H3. The zero-order chi connectivity index (χ0) is 18.4. The first kappa shape index (κ1) is 19.8. The first-order valence-corrected chi connectivity index (χ1v) is 7.18. The fourth-order valence-electron chi connectivity index (χ4n) is 2.31. The van der Waals surface area contributed by atoms with Crippen molar-refractivity contribution in [2.45, 2.75) is 58.3 Å². The zero-order valence-electron chi connectivity index (χ0n) is 13.8. The van der Waals surface area contributed by atoms with Crippen LogP contribution in [0.15, 0.2) is 0 Å². The molecule has 0 aromatic rings. The molecule has 0 spiro atoms. The van der Waals surface area contributed by atoms with Crippen LogP contribution in [0.25, 0.3) is 0 Å². The molecule has 136 valence electrons. The fraction of sp³-hybridized carbons (Fsp3) is 0.714. The molecule has 10 nitrogen and oxygen atoms in total. The van der Waals surface area contributed by atoms with E-state index in [9.17, 15) is 19.2 Å². The Morgan fingerprint density at radius 2 is 1.38 bits per heavy atom. The first-order chi connectivity index (χ1) is 11.1. The van der Waals surface area contributed by atoms with Crippen molar-refractivity contribution in [1.82, 2.24) is 0 Å². The van der Waals surface area contributed by atoms with Gasteiger partial charge in [-0.25, -0.2) is 0 Å². The summed E-state index contributed by atoms with van der Waals surface area (Å²) in [6, 6.07) is 0. The smallest absolute Gasteiger partial charge is 0.304 e. The Balaban J connectivity index is 3.09. The molecule has 24 heavy (non-hydrogen) atoms. The van der Waals surface area contributed by atoms with Crippen molar-refractivity contribution in [3.8, 4) is 0 Å². The molecule has 0 aromatic heterocycles. The highest BCUT2D eigenvalue weighted by Gasteiger charge is 2.49. The predicted molar refractivity (Wildman–Crippen MR) is 76.1 cm³/mol. The van der Waals surface area contributed by atoms with E-state index in [1.807, 2.05) is 0 Å². The van der Waals surface area contributed by atoms with E-state index in [0.717, 1.165) is 20.8 Å². The van der Waals surface area contributed by atoms with Crippen molar-refractivity contribution in [3.63, 3.8) is 0 Å². The molecule has 0 saturated carbocycles. The minimum Gasteiger partial charge on any atom is -0.456 e. The van der Waals surface area contributed by atoms with Gasteiger partial charge in [-0.15, -0.1) is 0 Å². The molecule has 1 rings (SSSR count). The molecule has 0 aliphatic carbocycles. The largest absolute Gasteiger partial charge is 0.456 e. The Hall–Kier alpha value is -2.20. The fourth-order valence-corrected chi connectivity index (χ4v) is 2.31. The van der Waals surface area contributed by atoms with E-state index in [-0.39, 0.29) is 6.61 Å². The molecular formula is C14H21NO9. The third kappa shape index (κ3) is 5.78. The van der Waals surface area contributed by atoms with Crippen LogP contribution in [0, 0.1) is 0 Å².